The maximum Gasteiger partial charge on any atom is 0.410 e. The molecule has 2 rings (SSSR count). The lowest BCUT2D eigenvalue weighted by Gasteiger charge is -2.38. The Morgan fingerprint density at radius 3 is 2.77 bits per heavy atom. The van der Waals surface area contributed by atoms with Gasteiger partial charge in [0.2, 0.25) is 5.88 Å². The van der Waals surface area contributed by atoms with Crippen LogP contribution in [0.15, 0.2) is 22.8 Å². The van der Waals surface area contributed by atoms with E-state index in [-0.39, 0.29) is 18.2 Å². The quantitative estimate of drug-likeness (QED) is 0.788. The average Bonchev–Trinajstić information content (AvgIpc) is 2.39. The lowest BCUT2D eigenvalue weighted by atomic mass is 10.0. The first kappa shape index (κ1) is 17.1. The second-order valence-electron chi connectivity index (χ2n) is 6.61. The van der Waals surface area contributed by atoms with Gasteiger partial charge < -0.3 is 14.4 Å². The summed E-state index contributed by atoms with van der Waals surface area (Å²) in [5.74, 6) is 0.568. The van der Waals surface area contributed by atoms with E-state index < -0.39 is 5.60 Å². The van der Waals surface area contributed by atoms with E-state index >= 15 is 0 Å². The molecule has 1 aliphatic heterocycles. The molecule has 1 saturated heterocycles. The van der Waals surface area contributed by atoms with Gasteiger partial charge in [0.05, 0.1) is 6.54 Å². The van der Waals surface area contributed by atoms with E-state index in [4.69, 9.17) is 9.47 Å². The van der Waals surface area contributed by atoms with Gasteiger partial charge in [-0.3, -0.25) is 0 Å². The molecule has 5 nitrogen and oxygen atoms in total. The summed E-state index contributed by atoms with van der Waals surface area (Å²) in [5.41, 5.74) is -0.490. The van der Waals surface area contributed by atoms with E-state index in [0.717, 1.165) is 17.3 Å². The van der Waals surface area contributed by atoms with E-state index in [0.29, 0.717) is 12.4 Å². The van der Waals surface area contributed by atoms with Crippen LogP contribution in [-0.4, -0.2) is 40.3 Å². The summed E-state index contributed by atoms with van der Waals surface area (Å²) < 4.78 is 12.3. The maximum absolute atomic E-state index is 12.3. The number of hydrogen-bond donors (Lipinski definition) is 0. The fourth-order valence-electron chi connectivity index (χ4n) is 2.37. The molecule has 122 valence electrons. The number of pyridine rings is 1. The highest BCUT2D eigenvalue weighted by Crippen LogP contribution is 2.24. The number of aromatic nitrogens is 1. The summed E-state index contributed by atoms with van der Waals surface area (Å²) in [5, 5.41) is 0. The minimum atomic E-state index is -0.490. The van der Waals surface area contributed by atoms with Crippen LogP contribution in [-0.2, 0) is 4.74 Å². The van der Waals surface area contributed by atoms with Gasteiger partial charge >= 0.3 is 6.09 Å². The number of likely N-dealkylation sites (tertiary alicyclic amines) is 1. The van der Waals surface area contributed by atoms with Crippen LogP contribution < -0.4 is 4.74 Å². The highest BCUT2D eigenvalue weighted by atomic mass is 79.9. The van der Waals surface area contributed by atoms with E-state index in [1.165, 1.54) is 0 Å². The van der Waals surface area contributed by atoms with Crippen LogP contribution in [0.25, 0.3) is 0 Å². The molecule has 0 aliphatic carbocycles. The molecule has 0 radical (unpaired) electrons. The van der Waals surface area contributed by atoms with E-state index in [9.17, 15) is 4.79 Å². The molecular formula is C16H23BrN2O3. The van der Waals surface area contributed by atoms with Crippen LogP contribution in [0.1, 0.15) is 40.5 Å². The molecule has 1 fully saturated rings. The summed E-state index contributed by atoms with van der Waals surface area (Å²) in [4.78, 5) is 18.2. The summed E-state index contributed by atoms with van der Waals surface area (Å²) in [6.07, 6.45) is 3.13. The Labute approximate surface area is 140 Å². The maximum atomic E-state index is 12.3. The molecule has 0 N–H and O–H groups in total. The highest BCUT2D eigenvalue weighted by molar-refractivity contribution is 9.10. The van der Waals surface area contributed by atoms with Crippen molar-refractivity contribution < 1.29 is 14.3 Å². The minimum Gasteiger partial charge on any atom is -0.472 e. The van der Waals surface area contributed by atoms with Crippen molar-refractivity contribution in [2.75, 3.05) is 6.54 Å². The minimum absolute atomic E-state index is 0.0643. The van der Waals surface area contributed by atoms with Crippen LogP contribution in [0.5, 0.6) is 5.88 Å². The van der Waals surface area contributed by atoms with Crippen molar-refractivity contribution in [2.24, 2.45) is 0 Å². The van der Waals surface area contributed by atoms with Crippen LogP contribution in [0.4, 0.5) is 4.79 Å². The zero-order valence-electron chi connectivity index (χ0n) is 13.5. The van der Waals surface area contributed by atoms with Gasteiger partial charge in [-0.2, -0.15) is 0 Å². The Hall–Kier alpha value is -1.30. The Morgan fingerprint density at radius 2 is 2.14 bits per heavy atom. The van der Waals surface area contributed by atoms with Gasteiger partial charge in [-0.25, -0.2) is 9.78 Å². The predicted molar refractivity (Wildman–Crippen MR) is 88.0 cm³/mol. The van der Waals surface area contributed by atoms with E-state index in [1.54, 1.807) is 11.1 Å². The monoisotopic (exact) mass is 370 g/mol. The summed E-state index contributed by atoms with van der Waals surface area (Å²) in [6.45, 7) is 8.18. The molecule has 2 atom stereocenters. The smallest absolute Gasteiger partial charge is 0.410 e. The van der Waals surface area contributed by atoms with Gasteiger partial charge in [-0.05, 0) is 46.6 Å². The van der Waals surface area contributed by atoms with Gasteiger partial charge in [0.1, 0.15) is 11.7 Å². The van der Waals surface area contributed by atoms with Gasteiger partial charge in [-0.1, -0.05) is 15.9 Å². The number of rotatable bonds is 2. The van der Waals surface area contributed by atoms with Crippen molar-refractivity contribution in [2.45, 2.75) is 58.3 Å². The second kappa shape index (κ2) is 6.86. The third-order valence-electron chi connectivity index (χ3n) is 3.45. The molecule has 0 bridgehead atoms. The van der Waals surface area contributed by atoms with Gasteiger partial charge in [-0.15, -0.1) is 0 Å². The zero-order chi connectivity index (χ0) is 16.3. The van der Waals surface area contributed by atoms with Gasteiger partial charge in [0.25, 0.3) is 0 Å². The third kappa shape index (κ3) is 4.87. The molecule has 1 aromatic rings. The Balaban J connectivity index is 2.00. The normalized spacial score (nSPS) is 22.3. The first-order valence-electron chi connectivity index (χ1n) is 7.52. The Kier molecular flexibility index (Phi) is 5.32. The molecular weight excluding hydrogens is 348 g/mol. The number of ether oxygens (including phenoxy) is 2. The fraction of sp³-hybridized carbons (Fsp3) is 0.625. The standard InChI is InChI=1S/C16H23BrN2O3/c1-11-5-6-13(21-14-9-12(17)7-8-18-14)10-19(11)15(20)22-16(2,3)4/h7-9,11,13H,5-6,10H2,1-4H3/t11-,13-/m1/s1. The fourth-order valence-corrected chi connectivity index (χ4v) is 2.68. The molecule has 2 heterocycles. The predicted octanol–water partition coefficient (Wildman–Crippen LogP) is 4.01. The highest BCUT2D eigenvalue weighted by Gasteiger charge is 2.33. The number of carbonyl (C=O) groups is 1. The molecule has 22 heavy (non-hydrogen) atoms. The number of piperidine rings is 1. The molecule has 0 unspecified atom stereocenters. The first-order chi connectivity index (χ1) is 10.2. The van der Waals surface area contributed by atoms with Crippen molar-refractivity contribution in [1.82, 2.24) is 9.88 Å². The second-order valence-corrected chi connectivity index (χ2v) is 7.53. The number of nitrogens with zero attached hydrogens (tertiary/aromatic N) is 2. The van der Waals surface area contributed by atoms with Gasteiger partial charge in [0.15, 0.2) is 0 Å². The number of amides is 1. The summed E-state index contributed by atoms with van der Waals surface area (Å²) in [6, 6.07) is 3.84. The van der Waals surface area contributed by atoms with Crippen molar-refractivity contribution in [3.63, 3.8) is 0 Å². The van der Waals surface area contributed by atoms with Crippen LogP contribution >= 0.6 is 15.9 Å². The lowest BCUT2D eigenvalue weighted by Crippen LogP contribution is -2.50. The Bertz CT molecular complexity index is 530. The molecule has 0 saturated carbocycles. The van der Waals surface area contributed by atoms with E-state index in [2.05, 4.69) is 20.9 Å². The third-order valence-corrected chi connectivity index (χ3v) is 3.94. The van der Waals surface area contributed by atoms with Gasteiger partial charge in [0, 0.05) is 22.8 Å². The largest absolute Gasteiger partial charge is 0.472 e. The van der Waals surface area contributed by atoms with Crippen molar-refractivity contribution in [3.8, 4) is 5.88 Å². The molecule has 1 aliphatic rings. The van der Waals surface area contributed by atoms with Crippen molar-refractivity contribution in [3.05, 3.63) is 22.8 Å². The van der Waals surface area contributed by atoms with Crippen LogP contribution in [0, 0.1) is 0 Å². The SMILES string of the molecule is C[C@@H]1CC[C@@H](Oc2cc(Br)ccn2)CN1C(=O)OC(C)(C)C. The molecule has 0 spiro atoms. The van der Waals surface area contributed by atoms with Crippen LogP contribution in [0.2, 0.25) is 0 Å². The number of hydrogen-bond acceptors (Lipinski definition) is 4. The summed E-state index contributed by atoms with van der Waals surface area (Å²) in [7, 11) is 0. The van der Waals surface area contributed by atoms with Crippen LogP contribution in [0.3, 0.4) is 0 Å². The number of carbonyl (C=O) groups excluding carboxylic acids is 1. The van der Waals surface area contributed by atoms with E-state index in [1.807, 2.05) is 39.8 Å². The van der Waals surface area contributed by atoms with Crippen molar-refractivity contribution in [1.29, 1.82) is 0 Å². The topological polar surface area (TPSA) is 51.7 Å². The lowest BCUT2D eigenvalue weighted by molar-refractivity contribution is -0.00598. The Morgan fingerprint density at radius 1 is 1.41 bits per heavy atom. The van der Waals surface area contributed by atoms with Crippen molar-refractivity contribution >= 4 is 22.0 Å². The molecule has 1 amide bonds. The summed E-state index contributed by atoms with van der Waals surface area (Å²) >= 11 is 3.40. The molecule has 6 heteroatoms. The zero-order valence-corrected chi connectivity index (χ0v) is 15.1. The first-order valence-corrected chi connectivity index (χ1v) is 8.32. The molecule has 0 aromatic carbocycles. The molecule has 1 aromatic heterocycles. The number of halogens is 1. The average molecular weight is 371 g/mol.